The van der Waals surface area contributed by atoms with Crippen LogP contribution in [0.1, 0.15) is 20.3 Å². The lowest BCUT2D eigenvalue weighted by Gasteiger charge is -2.37. The van der Waals surface area contributed by atoms with Crippen molar-refractivity contribution in [2.24, 2.45) is 0 Å². The standard InChI is InChI=1S/C16H17BrF16O4/c1-3-7(4-17)34-5-8(6(2)18)35-10(12(23,24)36-9(19)11(20,21)22)37-16(32,33)14(27,28)13(25,26)15(29,30)31/h6-10H,3-5H2,1-2H3/t6?,7?,8-,9?,10?/m0/s1. The molecule has 0 aromatic carbocycles. The highest BCUT2D eigenvalue weighted by Crippen LogP contribution is 2.54. The van der Waals surface area contributed by atoms with E-state index in [-0.39, 0.29) is 11.8 Å². The van der Waals surface area contributed by atoms with Gasteiger partial charge in [0.2, 0.25) is 0 Å². The molecule has 0 saturated heterocycles. The third kappa shape index (κ3) is 9.13. The van der Waals surface area contributed by atoms with E-state index in [9.17, 15) is 70.2 Å². The normalized spacial score (nSPS) is 18.9. The maximum absolute atomic E-state index is 14.1. The second-order valence-electron chi connectivity index (χ2n) is 7.02. The smallest absolute Gasteiger partial charge is 0.375 e. The fourth-order valence-electron chi connectivity index (χ4n) is 1.95. The van der Waals surface area contributed by atoms with E-state index in [0.29, 0.717) is 6.92 Å². The van der Waals surface area contributed by atoms with E-state index in [1.54, 1.807) is 0 Å². The molecule has 0 fully saturated rings. The van der Waals surface area contributed by atoms with Crippen LogP contribution < -0.4 is 0 Å². The maximum Gasteiger partial charge on any atom is 0.460 e. The molecule has 0 heterocycles. The van der Waals surface area contributed by atoms with Gasteiger partial charge in [-0.15, -0.1) is 0 Å². The number of halogens is 17. The van der Waals surface area contributed by atoms with E-state index < -0.39 is 74.0 Å². The Kier molecular flexibility index (Phi) is 12.3. The van der Waals surface area contributed by atoms with Crippen LogP contribution in [-0.4, -0.2) is 79.4 Å². The molecule has 37 heavy (non-hydrogen) atoms. The fraction of sp³-hybridized carbons (Fsp3) is 1.00. The van der Waals surface area contributed by atoms with Gasteiger partial charge in [0.25, 0.3) is 12.6 Å². The van der Waals surface area contributed by atoms with Crippen LogP contribution in [0.3, 0.4) is 0 Å². The molecule has 0 aliphatic rings. The molecule has 0 aliphatic carbocycles. The van der Waals surface area contributed by atoms with Gasteiger partial charge < -0.3 is 9.47 Å². The molecule has 21 heteroatoms. The van der Waals surface area contributed by atoms with Crippen LogP contribution in [-0.2, 0) is 18.9 Å². The average molecular weight is 657 g/mol. The first kappa shape index (κ1) is 36.2. The molecule has 0 amide bonds. The highest BCUT2D eigenvalue weighted by molar-refractivity contribution is 9.09. The summed E-state index contributed by atoms with van der Waals surface area (Å²) in [7, 11) is 0. The van der Waals surface area contributed by atoms with Crippen LogP contribution in [0.25, 0.3) is 0 Å². The first-order valence-electron chi connectivity index (χ1n) is 9.39. The lowest BCUT2D eigenvalue weighted by atomic mass is 10.1. The summed E-state index contributed by atoms with van der Waals surface area (Å²) in [5.41, 5.74) is 0. The van der Waals surface area contributed by atoms with E-state index in [1.165, 1.54) is 6.92 Å². The van der Waals surface area contributed by atoms with E-state index in [4.69, 9.17) is 4.74 Å². The Morgan fingerprint density at radius 1 is 0.757 bits per heavy atom. The summed E-state index contributed by atoms with van der Waals surface area (Å²) in [4.78, 5) is 0. The average Bonchev–Trinajstić information content (AvgIpc) is 2.70. The molecule has 0 N–H and O–H groups in total. The predicted molar refractivity (Wildman–Crippen MR) is 92.0 cm³/mol. The minimum absolute atomic E-state index is 0.0397. The van der Waals surface area contributed by atoms with Crippen LogP contribution in [0.2, 0.25) is 0 Å². The summed E-state index contributed by atoms with van der Waals surface area (Å²) in [5.74, 6) is -15.4. The fourth-order valence-corrected chi connectivity index (χ4v) is 2.59. The van der Waals surface area contributed by atoms with Crippen molar-refractivity contribution >= 4 is 15.9 Å². The highest BCUT2D eigenvalue weighted by Gasteiger charge is 2.83. The molecular formula is C16H17BrF16O4. The van der Waals surface area contributed by atoms with E-state index in [0.717, 1.165) is 0 Å². The van der Waals surface area contributed by atoms with Gasteiger partial charge in [-0.1, -0.05) is 22.9 Å². The maximum atomic E-state index is 14.1. The summed E-state index contributed by atoms with van der Waals surface area (Å²) in [5, 5.41) is -0.0397. The molecule has 224 valence electrons. The van der Waals surface area contributed by atoms with Gasteiger partial charge in [0.05, 0.1) is 12.7 Å². The summed E-state index contributed by atoms with van der Waals surface area (Å²) < 4.78 is 223. The first-order valence-corrected chi connectivity index (χ1v) is 10.5. The lowest BCUT2D eigenvalue weighted by Crippen LogP contribution is -2.63. The van der Waals surface area contributed by atoms with Crippen molar-refractivity contribution in [1.29, 1.82) is 0 Å². The second-order valence-corrected chi connectivity index (χ2v) is 7.67. The van der Waals surface area contributed by atoms with Crippen molar-refractivity contribution < 1.29 is 89.2 Å². The molecule has 0 radical (unpaired) electrons. The van der Waals surface area contributed by atoms with Gasteiger partial charge in [-0.3, -0.25) is 9.47 Å². The van der Waals surface area contributed by atoms with Crippen molar-refractivity contribution in [3.8, 4) is 0 Å². The molecular weight excluding hydrogens is 640 g/mol. The number of hydrogen-bond donors (Lipinski definition) is 0. The Morgan fingerprint density at radius 3 is 1.59 bits per heavy atom. The van der Waals surface area contributed by atoms with Gasteiger partial charge >= 0.3 is 36.4 Å². The van der Waals surface area contributed by atoms with Crippen molar-refractivity contribution in [2.45, 2.75) is 87.7 Å². The monoisotopic (exact) mass is 656 g/mol. The topological polar surface area (TPSA) is 36.9 Å². The molecule has 0 aromatic rings. The molecule has 0 aliphatic heterocycles. The number of rotatable bonds is 15. The molecule has 5 atom stereocenters. The molecule has 0 rings (SSSR count). The van der Waals surface area contributed by atoms with E-state index in [2.05, 4.69) is 30.1 Å². The van der Waals surface area contributed by atoms with Gasteiger partial charge in [-0.25, -0.2) is 8.78 Å². The molecule has 4 unspecified atom stereocenters. The van der Waals surface area contributed by atoms with Gasteiger partial charge in [0.1, 0.15) is 12.3 Å². The zero-order valence-electron chi connectivity index (χ0n) is 18.1. The quantitative estimate of drug-likeness (QED) is 0.107. The number of alkyl halides is 17. The minimum Gasteiger partial charge on any atom is -0.375 e. The Morgan fingerprint density at radius 2 is 1.24 bits per heavy atom. The van der Waals surface area contributed by atoms with E-state index >= 15 is 0 Å². The Bertz CT molecular complexity index is 695. The van der Waals surface area contributed by atoms with Gasteiger partial charge in [-0.2, -0.15) is 61.5 Å². The Labute approximate surface area is 205 Å². The molecule has 0 aromatic heterocycles. The zero-order chi connectivity index (χ0) is 29.8. The van der Waals surface area contributed by atoms with Gasteiger partial charge in [-0.05, 0) is 13.3 Å². The summed E-state index contributed by atoms with van der Waals surface area (Å²) in [6, 6.07) is 0. The van der Waals surface area contributed by atoms with Crippen molar-refractivity contribution in [3.63, 3.8) is 0 Å². The van der Waals surface area contributed by atoms with Gasteiger partial charge in [0.15, 0.2) is 0 Å². The predicted octanol–water partition coefficient (Wildman–Crippen LogP) is 7.16. The molecule has 0 saturated carbocycles. The zero-order valence-corrected chi connectivity index (χ0v) is 19.7. The third-order valence-corrected chi connectivity index (χ3v) is 4.82. The third-order valence-electron chi connectivity index (χ3n) is 4.10. The Hall–Kier alpha value is -0.800. The lowest BCUT2D eigenvalue weighted by molar-refractivity contribution is -0.498. The summed E-state index contributed by atoms with van der Waals surface area (Å²) >= 11 is 2.87. The summed E-state index contributed by atoms with van der Waals surface area (Å²) in [6.45, 7) is 0.588. The van der Waals surface area contributed by atoms with Crippen molar-refractivity contribution in [2.75, 3.05) is 11.9 Å². The van der Waals surface area contributed by atoms with Crippen LogP contribution >= 0.6 is 15.9 Å². The number of hydrogen-bond acceptors (Lipinski definition) is 4. The second kappa shape index (κ2) is 12.6. The first-order chi connectivity index (χ1) is 16.3. The molecule has 4 nitrogen and oxygen atoms in total. The van der Waals surface area contributed by atoms with Crippen molar-refractivity contribution in [3.05, 3.63) is 0 Å². The minimum atomic E-state index is -7.72. The largest absolute Gasteiger partial charge is 0.460 e. The Balaban J connectivity index is 6.42. The molecule has 0 spiro atoms. The van der Waals surface area contributed by atoms with Crippen molar-refractivity contribution in [1.82, 2.24) is 0 Å². The highest BCUT2D eigenvalue weighted by atomic mass is 79.9. The van der Waals surface area contributed by atoms with Gasteiger partial charge in [0, 0.05) is 5.33 Å². The summed E-state index contributed by atoms with van der Waals surface area (Å²) in [6.07, 6.45) is -43.4. The van der Waals surface area contributed by atoms with E-state index in [1.807, 2.05) is 0 Å². The van der Waals surface area contributed by atoms with Crippen LogP contribution in [0, 0.1) is 0 Å². The number of ether oxygens (including phenoxy) is 4. The van der Waals surface area contributed by atoms with Crippen LogP contribution in [0.15, 0.2) is 0 Å². The van der Waals surface area contributed by atoms with Crippen LogP contribution in [0.5, 0.6) is 0 Å². The molecule has 0 bridgehead atoms. The van der Waals surface area contributed by atoms with Crippen LogP contribution in [0.4, 0.5) is 70.2 Å². The SMILES string of the molecule is CCC(CBr)OC[C@H](OC(OC(F)(F)C(F)(F)C(F)(F)C(F)(F)F)C(F)(F)OC(F)C(F)(F)F)C(C)F.